The van der Waals surface area contributed by atoms with Gasteiger partial charge in [0.2, 0.25) is 0 Å². The van der Waals surface area contributed by atoms with E-state index in [9.17, 15) is 4.79 Å². The van der Waals surface area contributed by atoms with Crippen LogP contribution in [0.2, 0.25) is 0 Å². The molecule has 2 unspecified atom stereocenters. The van der Waals surface area contributed by atoms with Gasteiger partial charge in [0, 0.05) is 11.5 Å². The summed E-state index contributed by atoms with van der Waals surface area (Å²) < 4.78 is 5.16. The molecule has 2 nitrogen and oxygen atoms in total. The van der Waals surface area contributed by atoms with Crippen LogP contribution < -0.4 is 0 Å². The zero-order valence-corrected chi connectivity index (χ0v) is 11.6. The average Bonchev–Trinajstić information content (AvgIpc) is 2.30. The van der Waals surface area contributed by atoms with E-state index >= 15 is 0 Å². The molecule has 0 bridgehead atoms. The lowest BCUT2D eigenvalue weighted by Gasteiger charge is -2.13. The van der Waals surface area contributed by atoms with Crippen LogP contribution in [0.1, 0.15) is 19.4 Å². The summed E-state index contributed by atoms with van der Waals surface area (Å²) in [5.74, 6) is 1.36. The number of rotatable bonds is 6. The van der Waals surface area contributed by atoms with Crippen molar-refractivity contribution in [2.75, 3.05) is 5.75 Å². The molecule has 1 aromatic rings. The van der Waals surface area contributed by atoms with Gasteiger partial charge < -0.3 is 4.74 Å². The highest BCUT2D eigenvalue weighted by Gasteiger charge is 2.14. The van der Waals surface area contributed by atoms with E-state index in [-0.39, 0.29) is 12.1 Å². The van der Waals surface area contributed by atoms with Crippen molar-refractivity contribution < 1.29 is 9.53 Å². The lowest BCUT2D eigenvalue weighted by molar-refractivity contribution is -0.146. The Balaban J connectivity index is 2.20. The second-order valence-corrected chi connectivity index (χ2v) is 5.55. The molecule has 0 aliphatic rings. The van der Waals surface area contributed by atoms with E-state index in [1.165, 1.54) is 5.56 Å². The first-order chi connectivity index (χ1) is 8.09. The molecule has 1 aromatic carbocycles. The van der Waals surface area contributed by atoms with Gasteiger partial charge in [-0.1, -0.05) is 30.3 Å². The van der Waals surface area contributed by atoms with E-state index in [1.807, 2.05) is 25.1 Å². The first-order valence-electron chi connectivity index (χ1n) is 5.56. The molecule has 0 radical (unpaired) electrons. The molecule has 0 saturated heterocycles. The maximum atomic E-state index is 11.2. The average molecular weight is 273 g/mol. The highest BCUT2D eigenvalue weighted by Crippen LogP contribution is 2.14. The van der Waals surface area contributed by atoms with Crippen molar-refractivity contribution in [3.05, 3.63) is 35.9 Å². The maximum absolute atomic E-state index is 11.2. The number of esters is 1. The van der Waals surface area contributed by atoms with Crippen molar-refractivity contribution in [1.29, 1.82) is 0 Å². The van der Waals surface area contributed by atoms with Gasteiger partial charge in [0.05, 0.1) is 0 Å². The van der Waals surface area contributed by atoms with Crippen LogP contribution >= 0.6 is 23.4 Å². The maximum Gasteiger partial charge on any atom is 0.324 e. The number of carbonyl (C=O) groups excluding carboxylic acids is 1. The molecule has 0 aromatic heterocycles. The standard InChI is InChI=1S/C13H17ClO2S/c1-10(16-13(15)11(2)14)8-17-9-12-6-4-3-5-7-12/h3-7,10-11H,8-9H2,1-2H3. The zero-order valence-electron chi connectivity index (χ0n) is 10.1. The number of carbonyl (C=O) groups is 1. The fourth-order valence-electron chi connectivity index (χ4n) is 1.24. The van der Waals surface area contributed by atoms with E-state index in [1.54, 1.807) is 18.7 Å². The number of halogens is 1. The summed E-state index contributed by atoms with van der Waals surface area (Å²) in [6.45, 7) is 3.50. The number of benzene rings is 1. The molecule has 4 heteroatoms. The molecule has 17 heavy (non-hydrogen) atoms. The number of thioether (sulfide) groups is 1. The molecule has 0 aliphatic heterocycles. The number of alkyl halides is 1. The van der Waals surface area contributed by atoms with Crippen molar-refractivity contribution in [2.24, 2.45) is 0 Å². The Kier molecular flexibility index (Phi) is 6.45. The summed E-state index contributed by atoms with van der Waals surface area (Å²) in [4.78, 5) is 11.2. The minimum atomic E-state index is -0.573. The molecule has 0 spiro atoms. The van der Waals surface area contributed by atoms with Crippen molar-refractivity contribution in [2.45, 2.75) is 31.1 Å². The smallest absolute Gasteiger partial charge is 0.324 e. The van der Waals surface area contributed by atoms with Crippen molar-refractivity contribution in [3.8, 4) is 0 Å². The Labute approximate surface area is 112 Å². The molecular formula is C13H17ClO2S. The van der Waals surface area contributed by atoms with Crippen molar-refractivity contribution in [1.82, 2.24) is 0 Å². The van der Waals surface area contributed by atoms with Gasteiger partial charge in [0.15, 0.2) is 0 Å². The Hall–Kier alpha value is -0.670. The van der Waals surface area contributed by atoms with Crippen LogP contribution in [0.3, 0.4) is 0 Å². The Bertz CT molecular complexity index is 341. The molecular weight excluding hydrogens is 256 g/mol. The third kappa shape index (κ3) is 5.99. The fraction of sp³-hybridized carbons (Fsp3) is 0.462. The topological polar surface area (TPSA) is 26.3 Å². The van der Waals surface area contributed by atoms with Gasteiger partial charge in [-0.25, -0.2) is 0 Å². The van der Waals surface area contributed by atoms with Crippen LogP contribution in [0, 0.1) is 0 Å². The number of ether oxygens (including phenoxy) is 1. The number of hydrogen-bond donors (Lipinski definition) is 0. The lowest BCUT2D eigenvalue weighted by atomic mass is 10.2. The third-order valence-electron chi connectivity index (χ3n) is 2.11. The Morgan fingerprint density at radius 2 is 2.00 bits per heavy atom. The zero-order chi connectivity index (χ0) is 12.7. The summed E-state index contributed by atoms with van der Waals surface area (Å²) in [6, 6.07) is 10.2. The van der Waals surface area contributed by atoms with Crippen LogP contribution in [0.5, 0.6) is 0 Å². The molecule has 94 valence electrons. The van der Waals surface area contributed by atoms with Crippen molar-refractivity contribution in [3.63, 3.8) is 0 Å². The Morgan fingerprint density at radius 3 is 2.59 bits per heavy atom. The van der Waals surface area contributed by atoms with Crippen LogP contribution in [-0.2, 0) is 15.3 Å². The highest BCUT2D eigenvalue weighted by atomic mass is 35.5. The van der Waals surface area contributed by atoms with Gasteiger partial charge in [-0.3, -0.25) is 4.79 Å². The van der Waals surface area contributed by atoms with E-state index in [0.717, 1.165) is 11.5 Å². The van der Waals surface area contributed by atoms with Gasteiger partial charge in [-0.2, -0.15) is 11.8 Å². The fourth-order valence-corrected chi connectivity index (χ4v) is 2.24. The lowest BCUT2D eigenvalue weighted by Crippen LogP contribution is -2.22. The third-order valence-corrected chi connectivity index (χ3v) is 3.53. The predicted molar refractivity (Wildman–Crippen MR) is 73.5 cm³/mol. The number of hydrogen-bond acceptors (Lipinski definition) is 3. The first-order valence-corrected chi connectivity index (χ1v) is 7.15. The second kappa shape index (κ2) is 7.62. The van der Waals surface area contributed by atoms with E-state index in [0.29, 0.717) is 0 Å². The van der Waals surface area contributed by atoms with Crippen LogP contribution in [-0.4, -0.2) is 23.2 Å². The molecule has 0 amide bonds. The van der Waals surface area contributed by atoms with Gasteiger partial charge >= 0.3 is 5.97 Å². The van der Waals surface area contributed by atoms with E-state index in [2.05, 4.69) is 12.1 Å². The molecule has 0 heterocycles. The quantitative estimate of drug-likeness (QED) is 0.586. The normalized spacial score (nSPS) is 14.1. The largest absolute Gasteiger partial charge is 0.461 e. The monoisotopic (exact) mass is 272 g/mol. The van der Waals surface area contributed by atoms with Crippen LogP contribution in [0.15, 0.2) is 30.3 Å². The summed E-state index contributed by atoms with van der Waals surface area (Å²) >= 11 is 7.37. The van der Waals surface area contributed by atoms with Gasteiger partial charge in [0.25, 0.3) is 0 Å². The SMILES string of the molecule is CC(CSCc1ccccc1)OC(=O)C(C)Cl. The molecule has 0 aliphatic carbocycles. The minimum Gasteiger partial charge on any atom is -0.461 e. The van der Waals surface area contributed by atoms with Crippen molar-refractivity contribution >= 4 is 29.3 Å². The van der Waals surface area contributed by atoms with Gasteiger partial charge in [-0.15, -0.1) is 11.6 Å². The summed E-state index contributed by atoms with van der Waals surface area (Å²) in [5.41, 5.74) is 1.28. The molecule has 0 N–H and O–H groups in total. The molecule has 2 atom stereocenters. The van der Waals surface area contributed by atoms with Gasteiger partial charge in [0.1, 0.15) is 11.5 Å². The Morgan fingerprint density at radius 1 is 1.35 bits per heavy atom. The van der Waals surface area contributed by atoms with E-state index < -0.39 is 5.38 Å². The highest BCUT2D eigenvalue weighted by molar-refractivity contribution is 7.98. The first kappa shape index (κ1) is 14.4. The van der Waals surface area contributed by atoms with Crippen LogP contribution in [0.25, 0.3) is 0 Å². The summed E-state index contributed by atoms with van der Waals surface area (Å²) in [5, 5.41) is -0.573. The molecule has 0 saturated carbocycles. The summed E-state index contributed by atoms with van der Waals surface area (Å²) in [7, 11) is 0. The second-order valence-electron chi connectivity index (χ2n) is 3.86. The van der Waals surface area contributed by atoms with Crippen LogP contribution in [0.4, 0.5) is 0 Å². The van der Waals surface area contributed by atoms with Gasteiger partial charge in [-0.05, 0) is 19.4 Å². The molecule has 0 fully saturated rings. The molecule has 1 rings (SSSR count). The van der Waals surface area contributed by atoms with E-state index in [4.69, 9.17) is 16.3 Å². The predicted octanol–water partition coefficient (Wildman–Crippen LogP) is 3.48. The minimum absolute atomic E-state index is 0.0996. The summed E-state index contributed by atoms with van der Waals surface area (Å²) in [6.07, 6.45) is -0.0996.